The summed E-state index contributed by atoms with van der Waals surface area (Å²) in [5.74, 6) is 1.15. The molecule has 0 radical (unpaired) electrons. The zero-order valence-corrected chi connectivity index (χ0v) is 18.0. The number of rotatable bonds is 3. The van der Waals surface area contributed by atoms with Gasteiger partial charge in [-0.05, 0) is 45.4 Å². The maximum atomic E-state index is 12.7. The molecule has 6 nitrogen and oxygen atoms in total. The van der Waals surface area contributed by atoms with E-state index in [1.807, 2.05) is 39.0 Å². The SMILES string of the molecule is Cc1ccc2nc(SC(C)c3nc(N)c4c(C)c(C)sc4n3)n(C)c(=O)c2c1. The van der Waals surface area contributed by atoms with Crippen molar-refractivity contribution in [3.63, 3.8) is 0 Å². The summed E-state index contributed by atoms with van der Waals surface area (Å²) in [6, 6.07) is 5.73. The predicted octanol–water partition coefficient (Wildman–Crippen LogP) is 4.30. The molecule has 8 heteroatoms. The van der Waals surface area contributed by atoms with Gasteiger partial charge in [0.2, 0.25) is 0 Å². The second kappa shape index (κ2) is 6.86. The highest BCUT2D eigenvalue weighted by molar-refractivity contribution is 7.99. The second-order valence-corrected chi connectivity index (χ2v) is 9.48. The van der Waals surface area contributed by atoms with Gasteiger partial charge in [0.15, 0.2) is 5.16 Å². The van der Waals surface area contributed by atoms with Crippen LogP contribution in [0.5, 0.6) is 0 Å². The minimum absolute atomic E-state index is 0.0520. The summed E-state index contributed by atoms with van der Waals surface area (Å²) in [6.45, 7) is 8.08. The fourth-order valence-corrected chi connectivity index (χ4v) is 5.12. The van der Waals surface area contributed by atoms with E-state index in [1.54, 1.807) is 23.0 Å². The molecule has 4 aromatic rings. The smallest absolute Gasteiger partial charge is 0.261 e. The fourth-order valence-electron chi connectivity index (χ4n) is 3.16. The zero-order valence-electron chi connectivity index (χ0n) is 16.4. The second-order valence-electron chi connectivity index (χ2n) is 6.97. The molecule has 0 saturated carbocycles. The topological polar surface area (TPSA) is 86.7 Å². The van der Waals surface area contributed by atoms with E-state index in [2.05, 4.69) is 16.9 Å². The summed E-state index contributed by atoms with van der Waals surface area (Å²) in [6.07, 6.45) is 0. The van der Waals surface area contributed by atoms with E-state index < -0.39 is 0 Å². The van der Waals surface area contributed by atoms with Gasteiger partial charge in [-0.15, -0.1) is 11.3 Å². The first-order chi connectivity index (χ1) is 13.3. The maximum absolute atomic E-state index is 12.7. The molecule has 0 spiro atoms. The monoisotopic (exact) mass is 411 g/mol. The van der Waals surface area contributed by atoms with Gasteiger partial charge in [0.1, 0.15) is 16.5 Å². The number of fused-ring (bicyclic) bond motifs is 2. The van der Waals surface area contributed by atoms with Gasteiger partial charge in [-0.2, -0.15) is 0 Å². The molecule has 1 aromatic carbocycles. The van der Waals surface area contributed by atoms with Crippen LogP contribution in [0.15, 0.2) is 28.2 Å². The standard InChI is InChI=1S/C20H21N5OS2/c1-9-6-7-14-13(8-9)19(26)25(5)20(22-14)28-12(4)17-23-16(21)15-10(2)11(3)27-18(15)24-17/h6-8,12H,1-5H3,(H2,21,23,24). The third-order valence-electron chi connectivity index (χ3n) is 4.91. The number of thiophene rings is 1. The van der Waals surface area contributed by atoms with E-state index in [9.17, 15) is 4.79 Å². The van der Waals surface area contributed by atoms with Crippen LogP contribution in [0.25, 0.3) is 21.1 Å². The highest BCUT2D eigenvalue weighted by Gasteiger charge is 2.19. The lowest BCUT2D eigenvalue weighted by atomic mass is 10.2. The van der Waals surface area contributed by atoms with Crippen LogP contribution in [0.1, 0.15) is 34.0 Å². The van der Waals surface area contributed by atoms with Gasteiger partial charge in [-0.1, -0.05) is 23.4 Å². The number of nitrogens with two attached hydrogens (primary N) is 1. The Morgan fingerprint density at radius 2 is 1.93 bits per heavy atom. The van der Waals surface area contributed by atoms with Gasteiger partial charge in [0, 0.05) is 11.9 Å². The molecule has 0 saturated heterocycles. The van der Waals surface area contributed by atoms with Crippen molar-refractivity contribution in [1.29, 1.82) is 0 Å². The molecule has 3 heterocycles. The first-order valence-corrected chi connectivity index (χ1v) is 10.6. The highest BCUT2D eigenvalue weighted by Crippen LogP contribution is 2.36. The largest absolute Gasteiger partial charge is 0.383 e. The lowest BCUT2D eigenvalue weighted by Gasteiger charge is -2.13. The Labute approximate surface area is 170 Å². The summed E-state index contributed by atoms with van der Waals surface area (Å²) < 4.78 is 1.59. The van der Waals surface area contributed by atoms with Gasteiger partial charge in [-0.25, -0.2) is 15.0 Å². The summed E-state index contributed by atoms with van der Waals surface area (Å²) in [7, 11) is 1.75. The highest BCUT2D eigenvalue weighted by atomic mass is 32.2. The average molecular weight is 412 g/mol. The molecule has 144 valence electrons. The van der Waals surface area contributed by atoms with Crippen LogP contribution in [0.3, 0.4) is 0 Å². The summed E-state index contributed by atoms with van der Waals surface area (Å²) in [5.41, 5.74) is 9.04. The van der Waals surface area contributed by atoms with Gasteiger partial charge in [0.05, 0.1) is 21.5 Å². The molecule has 2 N–H and O–H groups in total. The number of aromatic nitrogens is 4. The van der Waals surface area contributed by atoms with E-state index in [1.165, 1.54) is 16.6 Å². The van der Waals surface area contributed by atoms with Gasteiger partial charge < -0.3 is 5.73 Å². The number of thioether (sulfide) groups is 1. The third-order valence-corrected chi connectivity index (χ3v) is 7.15. The lowest BCUT2D eigenvalue weighted by molar-refractivity contribution is 0.722. The van der Waals surface area contributed by atoms with Crippen molar-refractivity contribution in [3.8, 4) is 0 Å². The molecule has 28 heavy (non-hydrogen) atoms. The van der Waals surface area contributed by atoms with Crippen LogP contribution in [0.4, 0.5) is 5.82 Å². The van der Waals surface area contributed by atoms with Crippen molar-refractivity contribution in [1.82, 2.24) is 19.5 Å². The van der Waals surface area contributed by atoms with E-state index in [4.69, 9.17) is 10.7 Å². The Morgan fingerprint density at radius 1 is 1.18 bits per heavy atom. The molecular formula is C20H21N5OS2. The van der Waals surface area contributed by atoms with Crippen LogP contribution in [0, 0.1) is 20.8 Å². The van der Waals surface area contributed by atoms with E-state index in [0.29, 0.717) is 27.7 Å². The van der Waals surface area contributed by atoms with Crippen molar-refractivity contribution in [2.24, 2.45) is 7.05 Å². The van der Waals surface area contributed by atoms with Crippen molar-refractivity contribution < 1.29 is 0 Å². The van der Waals surface area contributed by atoms with Crippen molar-refractivity contribution in [3.05, 3.63) is 50.4 Å². The summed E-state index contributed by atoms with van der Waals surface area (Å²) in [4.78, 5) is 28.8. The molecule has 0 aliphatic heterocycles. The Kier molecular flexibility index (Phi) is 4.63. The molecule has 1 unspecified atom stereocenters. The maximum Gasteiger partial charge on any atom is 0.261 e. The van der Waals surface area contributed by atoms with E-state index >= 15 is 0 Å². The van der Waals surface area contributed by atoms with Crippen LogP contribution >= 0.6 is 23.1 Å². The number of benzene rings is 1. The van der Waals surface area contributed by atoms with Crippen LogP contribution < -0.4 is 11.3 Å². The number of anilines is 1. The van der Waals surface area contributed by atoms with Gasteiger partial charge in [0.25, 0.3) is 5.56 Å². The Hall–Kier alpha value is -2.45. The molecule has 0 aliphatic carbocycles. The summed E-state index contributed by atoms with van der Waals surface area (Å²) >= 11 is 3.09. The quantitative estimate of drug-likeness (QED) is 0.399. The van der Waals surface area contributed by atoms with Crippen molar-refractivity contribution in [2.45, 2.75) is 38.1 Å². The van der Waals surface area contributed by atoms with E-state index in [-0.39, 0.29) is 10.8 Å². The van der Waals surface area contributed by atoms with Gasteiger partial charge >= 0.3 is 0 Å². The molecule has 0 fully saturated rings. The number of hydrogen-bond donors (Lipinski definition) is 1. The number of hydrogen-bond acceptors (Lipinski definition) is 7. The first-order valence-electron chi connectivity index (χ1n) is 8.93. The summed E-state index contributed by atoms with van der Waals surface area (Å²) in [5, 5.41) is 2.10. The number of nitrogen functional groups attached to an aromatic ring is 1. The average Bonchev–Trinajstić information content (AvgIpc) is 2.94. The van der Waals surface area contributed by atoms with Crippen molar-refractivity contribution in [2.75, 3.05) is 5.73 Å². The molecule has 0 aliphatic rings. The Balaban J connectivity index is 1.75. The van der Waals surface area contributed by atoms with Gasteiger partial charge in [-0.3, -0.25) is 9.36 Å². The molecule has 4 rings (SSSR count). The predicted molar refractivity (Wildman–Crippen MR) is 117 cm³/mol. The molecule has 3 aromatic heterocycles. The lowest BCUT2D eigenvalue weighted by Crippen LogP contribution is -2.20. The van der Waals surface area contributed by atoms with Crippen molar-refractivity contribution >= 4 is 50.0 Å². The number of nitrogens with zero attached hydrogens (tertiary/aromatic N) is 4. The Bertz CT molecular complexity index is 1290. The van der Waals surface area contributed by atoms with Crippen LogP contribution in [-0.4, -0.2) is 19.5 Å². The normalized spacial score (nSPS) is 12.8. The fraction of sp³-hybridized carbons (Fsp3) is 0.300. The molecule has 1 atom stereocenters. The molecule has 0 amide bonds. The van der Waals surface area contributed by atoms with Crippen LogP contribution in [0.2, 0.25) is 0 Å². The minimum atomic E-state index is -0.101. The first kappa shape index (κ1) is 18.9. The minimum Gasteiger partial charge on any atom is -0.383 e. The third kappa shape index (κ3) is 3.06. The zero-order chi connectivity index (χ0) is 20.2. The van der Waals surface area contributed by atoms with Crippen LogP contribution in [-0.2, 0) is 7.05 Å². The van der Waals surface area contributed by atoms with E-state index in [0.717, 1.165) is 21.3 Å². The molecule has 0 bridgehead atoms. The Morgan fingerprint density at radius 3 is 2.68 bits per heavy atom. The number of aryl methyl sites for hydroxylation is 3. The molecular weight excluding hydrogens is 390 g/mol.